The summed E-state index contributed by atoms with van der Waals surface area (Å²) in [6.45, 7) is 8.16. The second kappa shape index (κ2) is 8.83. The van der Waals surface area contributed by atoms with Crippen molar-refractivity contribution in [2.45, 2.75) is 50.8 Å². The minimum absolute atomic E-state index is 0.0941. The van der Waals surface area contributed by atoms with Crippen molar-refractivity contribution < 1.29 is 44.0 Å². The first-order chi connectivity index (χ1) is 11.7. The van der Waals surface area contributed by atoms with Gasteiger partial charge >= 0.3 is 24.0 Å². The summed E-state index contributed by atoms with van der Waals surface area (Å²) < 4.78 is 4.93. The molecular formula is C15H22N2O9. The Morgan fingerprint density at radius 2 is 1.62 bits per heavy atom. The van der Waals surface area contributed by atoms with Gasteiger partial charge in [-0.25, -0.2) is 19.2 Å². The molecule has 0 radical (unpaired) electrons. The Balaban J connectivity index is 5.24. The van der Waals surface area contributed by atoms with Crippen molar-refractivity contribution in [3.05, 3.63) is 12.2 Å². The molecule has 0 fully saturated rings. The second-order valence-corrected chi connectivity index (χ2v) is 6.45. The molecule has 0 saturated heterocycles. The van der Waals surface area contributed by atoms with E-state index < -0.39 is 54.0 Å². The van der Waals surface area contributed by atoms with Crippen molar-refractivity contribution >= 4 is 30.4 Å². The van der Waals surface area contributed by atoms with Crippen molar-refractivity contribution in [1.82, 2.24) is 10.6 Å². The SMILES string of the molecule is C=C(CC(NC(=O)OC(C)(C)C)C(=O)O)CC(NC=O)(C(=O)O)C(=O)O. The van der Waals surface area contributed by atoms with Crippen molar-refractivity contribution in [2.75, 3.05) is 0 Å². The number of hydrogen-bond donors (Lipinski definition) is 5. The Morgan fingerprint density at radius 3 is 1.96 bits per heavy atom. The maximum absolute atomic E-state index is 11.7. The third-order valence-corrected chi connectivity index (χ3v) is 3.03. The van der Waals surface area contributed by atoms with E-state index >= 15 is 0 Å². The van der Waals surface area contributed by atoms with Crippen molar-refractivity contribution in [3.8, 4) is 0 Å². The molecule has 0 saturated carbocycles. The van der Waals surface area contributed by atoms with Crippen LogP contribution in [-0.2, 0) is 23.9 Å². The van der Waals surface area contributed by atoms with Crippen molar-refractivity contribution in [2.24, 2.45) is 0 Å². The van der Waals surface area contributed by atoms with Gasteiger partial charge in [0.2, 0.25) is 11.9 Å². The second-order valence-electron chi connectivity index (χ2n) is 6.45. The fourth-order valence-corrected chi connectivity index (χ4v) is 1.90. The predicted octanol–water partition coefficient (Wildman–Crippen LogP) is -0.0453. The normalized spacial score (nSPS) is 12.4. The van der Waals surface area contributed by atoms with Crippen LogP contribution < -0.4 is 10.6 Å². The molecule has 0 aromatic heterocycles. The number of nitrogens with one attached hydrogen (secondary N) is 2. The molecule has 1 unspecified atom stereocenters. The first kappa shape index (κ1) is 22.9. The molecular weight excluding hydrogens is 352 g/mol. The topological polar surface area (TPSA) is 179 Å². The lowest BCUT2D eigenvalue weighted by Crippen LogP contribution is -2.58. The monoisotopic (exact) mass is 374 g/mol. The van der Waals surface area contributed by atoms with Crippen LogP contribution >= 0.6 is 0 Å². The molecule has 11 nitrogen and oxygen atoms in total. The van der Waals surface area contributed by atoms with Crippen LogP contribution in [-0.4, -0.2) is 62.9 Å². The molecule has 0 aromatic rings. The number of carbonyl (C=O) groups excluding carboxylic acids is 2. The zero-order valence-corrected chi connectivity index (χ0v) is 14.6. The Morgan fingerprint density at radius 1 is 1.12 bits per heavy atom. The molecule has 0 rings (SSSR count). The minimum Gasteiger partial charge on any atom is -0.480 e. The quantitative estimate of drug-likeness (QED) is 0.199. The van der Waals surface area contributed by atoms with E-state index in [4.69, 9.17) is 14.9 Å². The van der Waals surface area contributed by atoms with Crippen molar-refractivity contribution in [1.29, 1.82) is 0 Å². The molecule has 0 spiro atoms. The first-order valence-corrected chi connectivity index (χ1v) is 7.32. The summed E-state index contributed by atoms with van der Waals surface area (Å²) in [6.07, 6.45) is -2.37. The number of carboxylic acid groups (broad SMARTS) is 3. The lowest BCUT2D eigenvalue weighted by Gasteiger charge is -2.26. The lowest BCUT2D eigenvalue weighted by atomic mass is 9.88. The standard InChI is InChI=1S/C15H22N2O9/c1-8(6-15(11(21)22,12(23)24)16-7-18)5-9(10(19)20)17-13(25)26-14(2,3)4/h7,9H,1,5-6H2,2-4H3,(H,16,18)(H,17,25)(H,19,20)(H,21,22)(H,23,24). The molecule has 0 heterocycles. The fourth-order valence-electron chi connectivity index (χ4n) is 1.90. The molecule has 0 aliphatic heterocycles. The van der Waals surface area contributed by atoms with E-state index in [1.165, 1.54) is 0 Å². The van der Waals surface area contributed by atoms with Crippen LogP contribution in [0.1, 0.15) is 33.6 Å². The summed E-state index contributed by atoms with van der Waals surface area (Å²) >= 11 is 0. The molecule has 0 aliphatic rings. The molecule has 0 aromatic carbocycles. The average molecular weight is 374 g/mol. The molecule has 5 N–H and O–H groups in total. The highest BCUT2D eigenvalue weighted by molar-refractivity contribution is 6.05. The van der Waals surface area contributed by atoms with Gasteiger partial charge < -0.3 is 30.7 Å². The molecule has 0 aliphatic carbocycles. The Kier molecular flexibility index (Phi) is 7.77. The number of aliphatic carboxylic acids is 3. The van der Waals surface area contributed by atoms with E-state index in [1.807, 2.05) is 0 Å². The van der Waals surface area contributed by atoms with E-state index in [0.29, 0.717) is 0 Å². The number of carboxylic acids is 3. The van der Waals surface area contributed by atoms with Gasteiger partial charge in [0.15, 0.2) is 0 Å². The van der Waals surface area contributed by atoms with E-state index in [0.717, 1.165) is 0 Å². The summed E-state index contributed by atoms with van der Waals surface area (Å²) in [4.78, 5) is 56.1. The maximum Gasteiger partial charge on any atom is 0.408 e. The molecule has 146 valence electrons. The van der Waals surface area contributed by atoms with Crippen LogP contribution in [0.4, 0.5) is 4.79 Å². The molecule has 11 heteroatoms. The smallest absolute Gasteiger partial charge is 0.408 e. The first-order valence-electron chi connectivity index (χ1n) is 7.32. The van der Waals surface area contributed by atoms with Gasteiger partial charge in [-0.2, -0.15) is 0 Å². The Bertz CT molecular complexity index is 593. The average Bonchev–Trinajstić information content (AvgIpc) is 2.43. The van der Waals surface area contributed by atoms with Crippen LogP contribution in [0.3, 0.4) is 0 Å². The van der Waals surface area contributed by atoms with Gasteiger partial charge in [-0.3, -0.25) is 4.79 Å². The van der Waals surface area contributed by atoms with Gasteiger partial charge in [0, 0.05) is 6.42 Å². The van der Waals surface area contributed by atoms with Crippen molar-refractivity contribution in [3.63, 3.8) is 0 Å². The summed E-state index contributed by atoms with van der Waals surface area (Å²) in [5, 5.41) is 31.2. The minimum atomic E-state index is -2.70. The van der Waals surface area contributed by atoms with Gasteiger partial charge in [0.05, 0.1) is 0 Å². The number of hydrogen-bond acceptors (Lipinski definition) is 6. The summed E-state index contributed by atoms with van der Waals surface area (Å²) in [6, 6.07) is -1.53. The molecule has 0 bridgehead atoms. The van der Waals surface area contributed by atoms with Gasteiger partial charge in [-0.15, -0.1) is 0 Å². The fraction of sp³-hybridized carbons (Fsp3) is 0.533. The summed E-state index contributed by atoms with van der Waals surface area (Å²) in [5.41, 5.74) is -3.71. The lowest BCUT2D eigenvalue weighted by molar-refractivity contribution is -0.160. The Hall–Kier alpha value is -3.11. The zero-order chi connectivity index (χ0) is 20.7. The number of ether oxygens (including phenoxy) is 1. The van der Waals surface area contributed by atoms with Crippen LogP contribution in [0, 0.1) is 0 Å². The number of rotatable bonds is 10. The molecule has 2 amide bonds. The van der Waals surface area contributed by atoms with E-state index in [9.17, 15) is 29.1 Å². The maximum atomic E-state index is 11.7. The predicted molar refractivity (Wildman–Crippen MR) is 86.4 cm³/mol. The van der Waals surface area contributed by atoms with Crippen LogP contribution in [0.2, 0.25) is 0 Å². The highest BCUT2D eigenvalue weighted by Gasteiger charge is 2.47. The highest BCUT2D eigenvalue weighted by Crippen LogP contribution is 2.21. The number of carbonyl (C=O) groups is 5. The van der Waals surface area contributed by atoms with Crippen LogP contribution in [0.15, 0.2) is 12.2 Å². The molecule has 1 atom stereocenters. The summed E-state index contributed by atoms with van der Waals surface area (Å²) in [7, 11) is 0. The zero-order valence-electron chi connectivity index (χ0n) is 14.6. The third kappa shape index (κ3) is 6.79. The van der Waals surface area contributed by atoms with E-state index in [1.54, 1.807) is 26.1 Å². The number of alkyl carbamates (subject to hydrolysis) is 1. The van der Waals surface area contributed by atoms with Gasteiger partial charge in [0.1, 0.15) is 11.6 Å². The van der Waals surface area contributed by atoms with Gasteiger partial charge in [0.25, 0.3) is 0 Å². The van der Waals surface area contributed by atoms with E-state index in [2.05, 4.69) is 11.9 Å². The largest absolute Gasteiger partial charge is 0.480 e. The third-order valence-electron chi connectivity index (χ3n) is 3.03. The van der Waals surface area contributed by atoms with Crippen LogP contribution in [0.5, 0.6) is 0 Å². The van der Waals surface area contributed by atoms with Gasteiger partial charge in [-0.1, -0.05) is 12.2 Å². The number of amides is 2. The van der Waals surface area contributed by atoms with Crippen LogP contribution in [0.25, 0.3) is 0 Å². The van der Waals surface area contributed by atoms with Gasteiger partial charge in [-0.05, 0) is 27.2 Å². The summed E-state index contributed by atoms with van der Waals surface area (Å²) in [5.74, 6) is -5.17. The Labute approximate surface area is 149 Å². The highest BCUT2D eigenvalue weighted by atomic mass is 16.6. The van der Waals surface area contributed by atoms with E-state index in [-0.39, 0.29) is 12.0 Å². The molecule has 26 heavy (non-hydrogen) atoms.